The molecule has 0 aliphatic carbocycles. The van der Waals surface area contributed by atoms with Crippen molar-refractivity contribution >= 4 is 23.4 Å². The average molecular weight is 502 g/mol. The van der Waals surface area contributed by atoms with Crippen LogP contribution in [0.3, 0.4) is 0 Å². The molecule has 0 atom stereocenters. The van der Waals surface area contributed by atoms with Gasteiger partial charge >= 0.3 is 0 Å². The van der Waals surface area contributed by atoms with Crippen molar-refractivity contribution in [2.24, 2.45) is 5.10 Å². The summed E-state index contributed by atoms with van der Waals surface area (Å²) in [6.07, 6.45) is 0. The fourth-order valence-corrected chi connectivity index (χ4v) is 4.24. The molecule has 4 aromatic rings. The Bertz CT molecular complexity index is 1370. The number of carbonyl (C=O) groups excluding carboxylic acids is 1. The Morgan fingerprint density at radius 3 is 2.39 bits per heavy atom. The van der Waals surface area contributed by atoms with E-state index in [0.29, 0.717) is 28.2 Å². The van der Waals surface area contributed by atoms with Crippen molar-refractivity contribution in [2.75, 3.05) is 20.0 Å². The van der Waals surface area contributed by atoms with Gasteiger partial charge in [-0.2, -0.15) is 5.10 Å². The highest BCUT2D eigenvalue weighted by Crippen LogP contribution is 2.29. The molecule has 0 aliphatic heterocycles. The summed E-state index contributed by atoms with van der Waals surface area (Å²) >= 11 is 1.30. The molecule has 0 unspecified atom stereocenters. The van der Waals surface area contributed by atoms with Gasteiger partial charge in [0.25, 0.3) is 5.91 Å². The average Bonchev–Trinajstić information content (AvgIpc) is 3.35. The van der Waals surface area contributed by atoms with Crippen molar-refractivity contribution in [1.29, 1.82) is 0 Å². The highest BCUT2D eigenvalue weighted by atomic mass is 32.2. The van der Waals surface area contributed by atoms with Gasteiger partial charge in [0, 0.05) is 16.8 Å². The maximum atomic E-state index is 12.6. The smallest absolute Gasteiger partial charge is 0.250 e. The Morgan fingerprint density at radius 1 is 0.972 bits per heavy atom. The van der Waals surface area contributed by atoms with E-state index in [0.717, 1.165) is 16.8 Å². The lowest BCUT2D eigenvalue weighted by atomic mass is 10.1. The van der Waals surface area contributed by atoms with Gasteiger partial charge in [0.1, 0.15) is 0 Å². The zero-order valence-corrected chi connectivity index (χ0v) is 21.4. The minimum absolute atomic E-state index is 0.127. The topological polar surface area (TPSA) is 90.6 Å². The minimum atomic E-state index is -0.251. The summed E-state index contributed by atoms with van der Waals surface area (Å²) in [5.74, 6) is 1.81. The van der Waals surface area contributed by atoms with Crippen LogP contribution in [0.5, 0.6) is 11.5 Å². The van der Waals surface area contributed by atoms with E-state index in [1.807, 2.05) is 85.1 Å². The largest absolute Gasteiger partial charge is 0.493 e. The lowest BCUT2D eigenvalue weighted by Crippen LogP contribution is -2.21. The van der Waals surface area contributed by atoms with Crippen molar-refractivity contribution in [1.82, 2.24) is 20.2 Å². The predicted octanol–water partition coefficient (Wildman–Crippen LogP) is 4.89. The van der Waals surface area contributed by atoms with Crippen molar-refractivity contribution in [3.8, 4) is 28.6 Å². The van der Waals surface area contributed by atoms with Crippen LogP contribution in [0.15, 0.2) is 83.1 Å². The summed E-state index contributed by atoms with van der Waals surface area (Å²) in [7, 11) is 3.16. The summed E-state index contributed by atoms with van der Waals surface area (Å²) in [5.41, 5.74) is 7.11. The standard InChI is InChI=1S/C27H27N5O3S/c1-18-10-12-20(13-11-18)26-30-31-27(32(26)22-8-6-5-7-9-22)36-17-25(33)29-28-19(2)21-14-15-23(34-3)24(16-21)35-4/h5-16H,17H2,1-4H3,(H,29,33). The van der Waals surface area contributed by atoms with Crippen LogP contribution < -0.4 is 14.9 Å². The van der Waals surface area contributed by atoms with Gasteiger partial charge < -0.3 is 9.47 Å². The van der Waals surface area contributed by atoms with Crippen LogP contribution in [0.2, 0.25) is 0 Å². The fraction of sp³-hybridized carbons (Fsp3) is 0.185. The monoisotopic (exact) mass is 501 g/mol. The zero-order chi connectivity index (χ0) is 25.5. The fourth-order valence-electron chi connectivity index (χ4n) is 3.50. The molecule has 36 heavy (non-hydrogen) atoms. The maximum absolute atomic E-state index is 12.6. The molecule has 0 bridgehead atoms. The van der Waals surface area contributed by atoms with Crippen molar-refractivity contribution < 1.29 is 14.3 Å². The molecule has 1 N–H and O–H groups in total. The molecule has 3 aromatic carbocycles. The van der Waals surface area contributed by atoms with E-state index in [4.69, 9.17) is 9.47 Å². The first-order valence-corrected chi connectivity index (χ1v) is 12.2. The number of rotatable bonds is 9. The highest BCUT2D eigenvalue weighted by molar-refractivity contribution is 7.99. The van der Waals surface area contributed by atoms with Crippen LogP contribution in [-0.2, 0) is 4.79 Å². The Morgan fingerprint density at radius 2 is 1.69 bits per heavy atom. The van der Waals surface area contributed by atoms with Crippen molar-refractivity contribution in [3.05, 3.63) is 83.9 Å². The Kier molecular flexibility index (Phi) is 8.02. The van der Waals surface area contributed by atoms with Gasteiger partial charge in [-0.15, -0.1) is 10.2 Å². The third-order valence-corrected chi connectivity index (χ3v) is 6.37. The number of hydrazone groups is 1. The molecule has 0 aliphatic rings. The van der Waals surface area contributed by atoms with E-state index in [1.165, 1.54) is 17.3 Å². The lowest BCUT2D eigenvalue weighted by molar-refractivity contribution is -0.118. The first kappa shape index (κ1) is 25.0. The normalized spacial score (nSPS) is 11.3. The van der Waals surface area contributed by atoms with E-state index in [-0.39, 0.29) is 11.7 Å². The Hall–Kier alpha value is -4.11. The van der Waals surface area contributed by atoms with Gasteiger partial charge in [0.2, 0.25) is 0 Å². The molecule has 8 nitrogen and oxygen atoms in total. The SMILES string of the molecule is COc1ccc(C(C)=NNC(=O)CSc2nnc(-c3ccc(C)cc3)n2-c2ccccc2)cc1OC. The van der Waals surface area contributed by atoms with Crippen molar-refractivity contribution in [2.45, 2.75) is 19.0 Å². The molecule has 184 valence electrons. The third kappa shape index (κ3) is 5.75. The number of nitrogens with one attached hydrogen (secondary N) is 1. The lowest BCUT2D eigenvalue weighted by Gasteiger charge is -2.10. The van der Waals surface area contributed by atoms with E-state index in [9.17, 15) is 4.79 Å². The molecule has 0 saturated carbocycles. The molecule has 0 spiro atoms. The van der Waals surface area contributed by atoms with Gasteiger partial charge in [-0.25, -0.2) is 5.43 Å². The number of aryl methyl sites for hydroxylation is 1. The van der Waals surface area contributed by atoms with Gasteiger partial charge in [-0.3, -0.25) is 9.36 Å². The summed E-state index contributed by atoms with van der Waals surface area (Å²) < 4.78 is 12.6. The number of hydrogen-bond donors (Lipinski definition) is 1. The van der Waals surface area contributed by atoms with Crippen LogP contribution in [0, 0.1) is 6.92 Å². The quantitative estimate of drug-likeness (QED) is 0.199. The third-order valence-electron chi connectivity index (χ3n) is 5.44. The zero-order valence-electron chi connectivity index (χ0n) is 20.6. The summed E-state index contributed by atoms with van der Waals surface area (Å²) in [5, 5.41) is 13.7. The van der Waals surface area contributed by atoms with E-state index < -0.39 is 0 Å². The number of hydrogen-bond acceptors (Lipinski definition) is 7. The van der Waals surface area contributed by atoms with Crippen molar-refractivity contribution in [3.63, 3.8) is 0 Å². The molecular weight excluding hydrogens is 474 g/mol. The molecular formula is C27H27N5O3S. The number of aromatic nitrogens is 3. The highest BCUT2D eigenvalue weighted by Gasteiger charge is 2.17. The number of benzene rings is 3. The van der Waals surface area contributed by atoms with Gasteiger partial charge in [0.05, 0.1) is 25.7 Å². The number of amides is 1. The number of nitrogens with zero attached hydrogens (tertiary/aromatic N) is 4. The molecule has 0 fully saturated rings. The number of methoxy groups -OCH3 is 2. The number of thioether (sulfide) groups is 1. The maximum Gasteiger partial charge on any atom is 0.250 e. The van der Waals surface area contributed by atoms with Crippen LogP contribution in [0.1, 0.15) is 18.1 Å². The second-order valence-electron chi connectivity index (χ2n) is 7.93. The molecule has 0 saturated heterocycles. The second kappa shape index (κ2) is 11.5. The molecule has 1 aromatic heterocycles. The molecule has 1 heterocycles. The first-order chi connectivity index (χ1) is 17.5. The minimum Gasteiger partial charge on any atom is -0.493 e. The van der Waals surface area contributed by atoms with E-state index >= 15 is 0 Å². The summed E-state index contributed by atoms with van der Waals surface area (Å²) in [4.78, 5) is 12.6. The van der Waals surface area contributed by atoms with Crippen LogP contribution in [0.4, 0.5) is 0 Å². The number of para-hydroxylation sites is 1. The van der Waals surface area contributed by atoms with E-state index in [1.54, 1.807) is 20.3 Å². The van der Waals surface area contributed by atoms with Crippen LogP contribution in [0.25, 0.3) is 17.1 Å². The van der Waals surface area contributed by atoms with Crippen LogP contribution >= 0.6 is 11.8 Å². The van der Waals surface area contributed by atoms with Gasteiger partial charge in [-0.05, 0) is 44.2 Å². The van der Waals surface area contributed by atoms with Crippen LogP contribution in [-0.4, -0.2) is 46.4 Å². The summed E-state index contributed by atoms with van der Waals surface area (Å²) in [6, 6.07) is 23.4. The molecule has 9 heteroatoms. The second-order valence-corrected chi connectivity index (χ2v) is 8.88. The molecule has 0 radical (unpaired) electrons. The summed E-state index contributed by atoms with van der Waals surface area (Å²) in [6.45, 7) is 3.86. The Labute approximate surface area is 214 Å². The molecule has 1 amide bonds. The predicted molar refractivity (Wildman–Crippen MR) is 142 cm³/mol. The first-order valence-electron chi connectivity index (χ1n) is 11.3. The number of ether oxygens (including phenoxy) is 2. The van der Waals surface area contributed by atoms with E-state index in [2.05, 4.69) is 20.7 Å². The van der Waals surface area contributed by atoms with Gasteiger partial charge in [0.15, 0.2) is 22.5 Å². The van der Waals surface area contributed by atoms with Gasteiger partial charge in [-0.1, -0.05) is 59.8 Å². The molecule has 4 rings (SSSR count). The number of carbonyl (C=O) groups is 1. The Balaban J connectivity index is 1.49.